The van der Waals surface area contributed by atoms with Crippen LogP contribution in [0.3, 0.4) is 0 Å². The Morgan fingerprint density at radius 3 is 2.92 bits per heavy atom. The lowest BCUT2D eigenvalue weighted by Crippen LogP contribution is -2.26. The zero-order valence-electron chi connectivity index (χ0n) is 15.1. The first-order chi connectivity index (χ1) is 12.7. The molecule has 0 amide bonds. The van der Waals surface area contributed by atoms with Crippen LogP contribution in [0, 0.1) is 6.92 Å². The van der Waals surface area contributed by atoms with Gasteiger partial charge in [-0.15, -0.1) is 11.3 Å². The predicted octanol–water partition coefficient (Wildman–Crippen LogP) is 4.27. The first-order valence-corrected chi connectivity index (χ1v) is 9.86. The smallest absolute Gasteiger partial charge is 0.139 e. The van der Waals surface area contributed by atoms with Crippen molar-refractivity contribution in [1.29, 1.82) is 0 Å². The van der Waals surface area contributed by atoms with Crippen LogP contribution in [0.15, 0.2) is 35.7 Å². The highest BCUT2D eigenvalue weighted by atomic mass is 32.1. The summed E-state index contributed by atoms with van der Waals surface area (Å²) in [6.45, 7) is 6.18. The van der Waals surface area contributed by atoms with Gasteiger partial charge < -0.3 is 14.8 Å². The molecule has 3 aromatic rings. The topological polar surface area (TPSA) is 56.3 Å². The van der Waals surface area contributed by atoms with Crippen LogP contribution in [0.25, 0.3) is 21.3 Å². The molecule has 4 rings (SSSR count). The number of thiophene rings is 1. The van der Waals surface area contributed by atoms with Gasteiger partial charge in [0.05, 0.1) is 24.7 Å². The summed E-state index contributed by atoms with van der Waals surface area (Å²) in [6.07, 6.45) is 1.19. The number of aryl methyl sites for hydroxylation is 1. The van der Waals surface area contributed by atoms with Gasteiger partial charge in [0, 0.05) is 23.6 Å². The lowest BCUT2D eigenvalue weighted by Gasteiger charge is -2.18. The highest BCUT2D eigenvalue weighted by molar-refractivity contribution is 7.17. The molecule has 5 nitrogen and oxygen atoms in total. The molecule has 1 N–H and O–H groups in total. The number of aromatic nitrogens is 2. The van der Waals surface area contributed by atoms with Crippen molar-refractivity contribution in [3.05, 3.63) is 41.5 Å². The first kappa shape index (κ1) is 17.4. The Balaban J connectivity index is 1.60. The fourth-order valence-corrected chi connectivity index (χ4v) is 4.18. The Bertz CT molecular complexity index is 875. The number of hydrogen-bond acceptors (Lipinski definition) is 6. The average molecular weight is 369 g/mol. The van der Waals surface area contributed by atoms with Crippen molar-refractivity contribution >= 4 is 27.4 Å². The molecule has 1 aromatic carbocycles. The van der Waals surface area contributed by atoms with Gasteiger partial charge in [-0.2, -0.15) is 0 Å². The van der Waals surface area contributed by atoms with Crippen LogP contribution in [-0.4, -0.2) is 41.9 Å². The van der Waals surface area contributed by atoms with Gasteiger partial charge in [-0.3, -0.25) is 0 Å². The van der Waals surface area contributed by atoms with Crippen LogP contribution in [0.4, 0.5) is 5.82 Å². The Hall–Kier alpha value is -2.02. The summed E-state index contributed by atoms with van der Waals surface area (Å²) in [5, 5.41) is 6.78. The zero-order chi connectivity index (χ0) is 17.9. The summed E-state index contributed by atoms with van der Waals surface area (Å²) in [6, 6.07) is 10.5. The van der Waals surface area contributed by atoms with Gasteiger partial charge in [-0.25, -0.2) is 9.97 Å². The van der Waals surface area contributed by atoms with Crippen LogP contribution in [-0.2, 0) is 9.47 Å². The molecule has 26 heavy (non-hydrogen) atoms. The molecule has 6 heteroatoms. The van der Waals surface area contributed by atoms with Gasteiger partial charge in [-0.05, 0) is 25.8 Å². The maximum Gasteiger partial charge on any atom is 0.139 e. The maximum absolute atomic E-state index is 5.95. The SMILES string of the molecule is Cc1nc(NC(C)COC2CCOC2)c2c(-c3ccccc3)csc2n1. The molecule has 2 unspecified atom stereocenters. The number of nitrogens with one attached hydrogen (secondary N) is 1. The molecular formula is C20H23N3O2S. The summed E-state index contributed by atoms with van der Waals surface area (Å²) in [5.74, 6) is 1.66. The predicted molar refractivity (Wildman–Crippen MR) is 106 cm³/mol. The van der Waals surface area contributed by atoms with Crippen molar-refractivity contribution in [3.8, 4) is 11.1 Å². The second kappa shape index (κ2) is 7.70. The molecule has 136 valence electrons. The zero-order valence-corrected chi connectivity index (χ0v) is 15.9. The fourth-order valence-electron chi connectivity index (χ4n) is 3.18. The quantitative estimate of drug-likeness (QED) is 0.703. The summed E-state index contributed by atoms with van der Waals surface area (Å²) < 4.78 is 11.3. The summed E-state index contributed by atoms with van der Waals surface area (Å²) in [7, 11) is 0. The van der Waals surface area contributed by atoms with E-state index in [1.54, 1.807) is 11.3 Å². The minimum Gasteiger partial charge on any atom is -0.379 e. The molecule has 0 radical (unpaired) electrons. The van der Waals surface area contributed by atoms with E-state index in [1.165, 1.54) is 11.1 Å². The van der Waals surface area contributed by atoms with Crippen molar-refractivity contribution in [2.24, 2.45) is 0 Å². The lowest BCUT2D eigenvalue weighted by molar-refractivity contribution is 0.0395. The van der Waals surface area contributed by atoms with Gasteiger partial charge in [0.1, 0.15) is 16.5 Å². The third-order valence-electron chi connectivity index (χ3n) is 4.48. The molecule has 1 aliphatic rings. The number of fused-ring (bicyclic) bond motifs is 1. The molecule has 2 aromatic heterocycles. The van der Waals surface area contributed by atoms with E-state index in [9.17, 15) is 0 Å². The van der Waals surface area contributed by atoms with Gasteiger partial charge in [0.25, 0.3) is 0 Å². The molecule has 1 saturated heterocycles. The average Bonchev–Trinajstić information content (AvgIpc) is 3.30. The van der Waals surface area contributed by atoms with Gasteiger partial charge in [0.15, 0.2) is 0 Å². The standard InChI is InChI=1S/C20H23N3O2S/c1-13(10-25-16-8-9-24-11-16)21-19-18-17(15-6-4-3-5-7-15)12-26-20(18)23-14(2)22-19/h3-7,12-13,16H,8-11H2,1-2H3,(H,21,22,23). The third kappa shape index (κ3) is 3.72. The lowest BCUT2D eigenvalue weighted by atomic mass is 10.1. The second-order valence-electron chi connectivity index (χ2n) is 6.68. The summed E-state index contributed by atoms with van der Waals surface area (Å²) in [4.78, 5) is 10.3. The van der Waals surface area contributed by atoms with E-state index in [0.29, 0.717) is 13.2 Å². The van der Waals surface area contributed by atoms with Crippen LogP contribution in [0.2, 0.25) is 0 Å². The first-order valence-electron chi connectivity index (χ1n) is 8.98. The maximum atomic E-state index is 5.95. The Morgan fingerprint density at radius 2 is 2.15 bits per heavy atom. The van der Waals surface area contributed by atoms with E-state index < -0.39 is 0 Å². The van der Waals surface area contributed by atoms with Crippen molar-refractivity contribution in [3.63, 3.8) is 0 Å². The van der Waals surface area contributed by atoms with Crippen molar-refractivity contribution in [2.45, 2.75) is 32.4 Å². The monoisotopic (exact) mass is 369 g/mol. The Morgan fingerprint density at radius 1 is 1.31 bits per heavy atom. The molecule has 0 saturated carbocycles. The summed E-state index contributed by atoms with van der Waals surface area (Å²) >= 11 is 1.66. The van der Waals surface area contributed by atoms with Gasteiger partial charge in [0.2, 0.25) is 0 Å². The minimum absolute atomic E-state index is 0.150. The molecule has 3 heterocycles. The van der Waals surface area contributed by atoms with Gasteiger partial charge in [-0.1, -0.05) is 30.3 Å². The van der Waals surface area contributed by atoms with E-state index in [-0.39, 0.29) is 12.1 Å². The number of nitrogens with zero attached hydrogens (tertiary/aromatic N) is 2. The van der Waals surface area contributed by atoms with E-state index in [0.717, 1.165) is 34.9 Å². The molecular weight excluding hydrogens is 346 g/mol. The highest BCUT2D eigenvalue weighted by Crippen LogP contribution is 2.37. The number of rotatable bonds is 6. The van der Waals surface area contributed by atoms with Crippen LogP contribution in [0.1, 0.15) is 19.2 Å². The van der Waals surface area contributed by atoms with Crippen molar-refractivity contribution in [1.82, 2.24) is 9.97 Å². The van der Waals surface area contributed by atoms with Crippen molar-refractivity contribution in [2.75, 3.05) is 25.1 Å². The van der Waals surface area contributed by atoms with E-state index in [4.69, 9.17) is 9.47 Å². The Kier molecular flexibility index (Phi) is 5.15. The van der Waals surface area contributed by atoms with Crippen LogP contribution >= 0.6 is 11.3 Å². The number of hydrogen-bond donors (Lipinski definition) is 1. The number of ether oxygens (including phenoxy) is 2. The minimum atomic E-state index is 0.150. The van der Waals surface area contributed by atoms with E-state index in [1.807, 2.05) is 13.0 Å². The molecule has 0 aliphatic carbocycles. The highest BCUT2D eigenvalue weighted by Gasteiger charge is 2.19. The van der Waals surface area contributed by atoms with Crippen LogP contribution < -0.4 is 5.32 Å². The third-order valence-corrected chi connectivity index (χ3v) is 5.36. The largest absolute Gasteiger partial charge is 0.379 e. The molecule has 0 spiro atoms. The number of anilines is 1. The Labute approximate surface area is 157 Å². The molecule has 1 aliphatic heterocycles. The molecule has 2 atom stereocenters. The molecule has 1 fully saturated rings. The van der Waals surface area contributed by atoms with E-state index in [2.05, 4.69) is 51.9 Å². The van der Waals surface area contributed by atoms with Crippen molar-refractivity contribution < 1.29 is 9.47 Å². The molecule has 0 bridgehead atoms. The van der Waals surface area contributed by atoms with Gasteiger partial charge >= 0.3 is 0 Å². The number of benzene rings is 1. The second-order valence-corrected chi connectivity index (χ2v) is 7.54. The fraction of sp³-hybridized carbons (Fsp3) is 0.400. The van der Waals surface area contributed by atoms with E-state index >= 15 is 0 Å². The summed E-state index contributed by atoms with van der Waals surface area (Å²) in [5.41, 5.74) is 2.35. The normalized spacial score (nSPS) is 18.3. The van der Waals surface area contributed by atoms with Crippen LogP contribution in [0.5, 0.6) is 0 Å².